The van der Waals surface area contributed by atoms with Crippen LogP contribution in [0, 0.1) is 0 Å². The highest BCUT2D eigenvalue weighted by Gasteiger charge is 2.30. The predicted molar refractivity (Wildman–Crippen MR) is 77.8 cm³/mol. The molecule has 1 fully saturated rings. The minimum Gasteiger partial charge on any atom is -0.481 e. The maximum Gasteiger partial charge on any atom is 0.303 e. The largest absolute Gasteiger partial charge is 0.481 e. The van der Waals surface area contributed by atoms with Crippen molar-refractivity contribution < 1.29 is 19.4 Å². The zero-order valence-corrected chi connectivity index (χ0v) is 12.0. The quantitative estimate of drug-likeness (QED) is 0.756. The van der Waals surface area contributed by atoms with Crippen molar-refractivity contribution in [2.24, 2.45) is 0 Å². The van der Waals surface area contributed by atoms with E-state index in [9.17, 15) is 9.59 Å². The Kier molecular flexibility index (Phi) is 5.75. The van der Waals surface area contributed by atoms with Crippen molar-refractivity contribution in [3.8, 4) is 0 Å². The first-order valence-corrected chi connectivity index (χ1v) is 7.34. The first-order chi connectivity index (χ1) is 10.2. The van der Waals surface area contributed by atoms with Crippen LogP contribution in [0.4, 0.5) is 0 Å². The number of carbonyl (C=O) groups is 2. The Balaban J connectivity index is 1.78. The molecule has 1 amide bonds. The van der Waals surface area contributed by atoms with Crippen molar-refractivity contribution in [2.75, 3.05) is 6.61 Å². The molecule has 1 aliphatic heterocycles. The van der Waals surface area contributed by atoms with Crippen LogP contribution in [0.2, 0.25) is 0 Å². The molecule has 1 aromatic rings. The monoisotopic (exact) mass is 291 g/mol. The average Bonchev–Trinajstić information content (AvgIpc) is 2.92. The molecule has 2 atom stereocenters. The Hall–Kier alpha value is -1.88. The van der Waals surface area contributed by atoms with E-state index in [4.69, 9.17) is 9.84 Å². The van der Waals surface area contributed by atoms with Gasteiger partial charge >= 0.3 is 5.97 Å². The third-order valence-corrected chi connectivity index (χ3v) is 3.61. The molecule has 0 aliphatic carbocycles. The molecule has 2 rings (SSSR count). The van der Waals surface area contributed by atoms with E-state index in [-0.39, 0.29) is 24.5 Å². The van der Waals surface area contributed by atoms with Crippen molar-refractivity contribution in [2.45, 2.75) is 44.2 Å². The van der Waals surface area contributed by atoms with Gasteiger partial charge in [-0.2, -0.15) is 0 Å². The first kappa shape index (κ1) is 15.5. The van der Waals surface area contributed by atoms with Gasteiger partial charge in [0.1, 0.15) is 6.10 Å². The third-order valence-electron chi connectivity index (χ3n) is 3.61. The van der Waals surface area contributed by atoms with Gasteiger partial charge in [-0.1, -0.05) is 30.3 Å². The van der Waals surface area contributed by atoms with Gasteiger partial charge < -0.3 is 15.2 Å². The van der Waals surface area contributed by atoms with E-state index >= 15 is 0 Å². The highest BCUT2D eigenvalue weighted by atomic mass is 16.5. The number of carbonyl (C=O) groups excluding carboxylic acids is 1. The standard InChI is InChI=1S/C16H21NO4/c18-14(8-4-5-9-15(19)20)17-13-10-11-21-16(13)12-6-2-1-3-7-12/h1-3,6-7,13,16H,4-5,8-11H2,(H,17,18)(H,19,20). The molecule has 2 N–H and O–H groups in total. The summed E-state index contributed by atoms with van der Waals surface area (Å²) in [5.41, 5.74) is 1.08. The van der Waals surface area contributed by atoms with Crippen molar-refractivity contribution >= 4 is 11.9 Å². The molecule has 5 nitrogen and oxygen atoms in total. The molecule has 2 unspecified atom stereocenters. The molecule has 1 saturated heterocycles. The number of carboxylic acids is 1. The molecule has 1 aromatic carbocycles. The fourth-order valence-electron chi connectivity index (χ4n) is 2.55. The van der Waals surface area contributed by atoms with Crippen LogP contribution in [0.5, 0.6) is 0 Å². The lowest BCUT2D eigenvalue weighted by molar-refractivity contribution is -0.137. The van der Waals surface area contributed by atoms with E-state index in [1.165, 1.54) is 0 Å². The number of carboxylic acid groups (broad SMARTS) is 1. The summed E-state index contributed by atoms with van der Waals surface area (Å²) in [6.45, 7) is 0.642. The maximum atomic E-state index is 11.9. The number of rotatable bonds is 7. The number of nitrogens with one attached hydrogen (secondary N) is 1. The Morgan fingerprint density at radius 1 is 1.19 bits per heavy atom. The van der Waals surface area contributed by atoms with E-state index in [1.807, 2.05) is 30.3 Å². The predicted octanol–water partition coefficient (Wildman–Crippen LogP) is 2.28. The van der Waals surface area contributed by atoms with Gasteiger partial charge in [0.15, 0.2) is 0 Å². The number of hydrogen-bond acceptors (Lipinski definition) is 3. The Morgan fingerprint density at radius 3 is 2.62 bits per heavy atom. The molecule has 0 radical (unpaired) electrons. The van der Waals surface area contributed by atoms with Crippen molar-refractivity contribution in [3.63, 3.8) is 0 Å². The number of hydrogen-bond donors (Lipinski definition) is 2. The van der Waals surface area contributed by atoms with Gasteiger partial charge in [-0.3, -0.25) is 9.59 Å². The van der Waals surface area contributed by atoms with Gasteiger partial charge in [0.05, 0.1) is 6.04 Å². The lowest BCUT2D eigenvalue weighted by Gasteiger charge is -2.20. The van der Waals surface area contributed by atoms with Gasteiger partial charge in [0, 0.05) is 19.4 Å². The van der Waals surface area contributed by atoms with Crippen LogP contribution in [0.3, 0.4) is 0 Å². The summed E-state index contributed by atoms with van der Waals surface area (Å²) in [5.74, 6) is -0.847. The van der Waals surface area contributed by atoms with Crippen LogP contribution >= 0.6 is 0 Å². The average molecular weight is 291 g/mol. The number of ether oxygens (including phenoxy) is 1. The molecule has 0 spiro atoms. The minimum atomic E-state index is -0.816. The fraction of sp³-hybridized carbons (Fsp3) is 0.500. The molecule has 21 heavy (non-hydrogen) atoms. The van der Waals surface area contributed by atoms with E-state index in [1.54, 1.807) is 0 Å². The lowest BCUT2D eigenvalue weighted by atomic mass is 10.0. The molecule has 1 aliphatic rings. The summed E-state index contributed by atoms with van der Waals surface area (Å²) in [7, 11) is 0. The smallest absolute Gasteiger partial charge is 0.303 e. The molecular weight excluding hydrogens is 270 g/mol. The third kappa shape index (κ3) is 4.86. The number of aliphatic carboxylic acids is 1. The van der Waals surface area contributed by atoms with Crippen molar-refractivity contribution in [1.29, 1.82) is 0 Å². The normalized spacial score (nSPS) is 21.1. The second-order valence-electron chi connectivity index (χ2n) is 5.27. The van der Waals surface area contributed by atoms with Crippen molar-refractivity contribution in [1.82, 2.24) is 5.32 Å². The highest BCUT2D eigenvalue weighted by Crippen LogP contribution is 2.28. The van der Waals surface area contributed by atoms with Crippen LogP contribution < -0.4 is 5.32 Å². The minimum absolute atomic E-state index is 0.000580. The number of benzene rings is 1. The van der Waals surface area contributed by atoms with Gasteiger partial charge in [-0.05, 0) is 24.8 Å². The Labute approximate surface area is 124 Å². The lowest BCUT2D eigenvalue weighted by Crippen LogP contribution is -2.36. The van der Waals surface area contributed by atoms with E-state index in [0.29, 0.717) is 25.9 Å². The highest BCUT2D eigenvalue weighted by molar-refractivity contribution is 5.76. The van der Waals surface area contributed by atoms with E-state index in [0.717, 1.165) is 12.0 Å². The zero-order chi connectivity index (χ0) is 15.1. The van der Waals surface area contributed by atoms with Gasteiger partial charge in [-0.15, -0.1) is 0 Å². The SMILES string of the molecule is O=C(O)CCCCC(=O)NC1CCOC1c1ccccc1. The second kappa shape index (κ2) is 7.78. The summed E-state index contributed by atoms with van der Waals surface area (Å²) in [6, 6.07) is 9.88. The van der Waals surface area contributed by atoms with E-state index < -0.39 is 5.97 Å². The summed E-state index contributed by atoms with van der Waals surface area (Å²) in [5, 5.41) is 11.6. The van der Waals surface area contributed by atoms with Crippen LogP contribution in [0.25, 0.3) is 0 Å². The fourth-order valence-corrected chi connectivity index (χ4v) is 2.55. The van der Waals surface area contributed by atoms with Crippen LogP contribution in [-0.2, 0) is 14.3 Å². The molecule has 0 bridgehead atoms. The molecule has 1 heterocycles. The summed E-state index contributed by atoms with van der Waals surface area (Å²) in [4.78, 5) is 22.3. The van der Waals surface area contributed by atoms with Crippen LogP contribution in [0.1, 0.15) is 43.8 Å². The van der Waals surface area contributed by atoms with Crippen LogP contribution in [0.15, 0.2) is 30.3 Å². The van der Waals surface area contributed by atoms with Gasteiger partial charge in [0.25, 0.3) is 0 Å². The molecule has 5 heteroatoms. The molecular formula is C16H21NO4. The van der Waals surface area contributed by atoms with Gasteiger partial charge in [-0.25, -0.2) is 0 Å². The second-order valence-corrected chi connectivity index (χ2v) is 5.27. The summed E-state index contributed by atoms with van der Waals surface area (Å²) in [6.07, 6.45) is 2.33. The first-order valence-electron chi connectivity index (χ1n) is 7.34. The Morgan fingerprint density at radius 2 is 1.90 bits per heavy atom. The van der Waals surface area contributed by atoms with Gasteiger partial charge in [0.2, 0.25) is 5.91 Å². The summed E-state index contributed by atoms with van der Waals surface area (Å²) >= 11 is 0. The number of amides is 1. The Bertz CT molecular complexity index is 474. The van der Waals surface area contributed by atoms with Crippen LogP contribution in [-0.4, -0.2) is 29.6 Å². The summed E-state index contributed by atoms with van der Waals surface area (Å²) < 4.78 is 5.72. The number of unbranched alkanes of at least 4 members (excludes halogenated alkanes) is 1. The topological polar surface area (TPSA) is 75.6 Å². The van der Waals surface area contributed by atoms with E-state index in [2.05, 4.69) is 5.32 Å². The molecule has 0 saturated carbocycles. The van der Waals surface area contributed by atoms with Crippen molar-refractivity contribution in [3.05, 3.63) is 35.9 Å². The maximum absolute atomic E-state index is 11.9. The molecule has 0 aromatic heterocycles. The molecule has 114 valence electrons. The zero-order valence-electron chi connectivity index (χ0n) is 12.0.